The Hall–Kier alpha value is -0.610. The molecule has 1 saturated heterocycles. The summed E-state index contributed by atoms with van der Waals surface area (Å²) < 4.78 is 0. The summed E-state index contributed by atoms with van der Waals surface area (Å²) >= 11 is 0. The Morgan fingerprint density at radius 3 is 2.68 bits per heavy atom. The predicted molar refractivity (Wildman–Crippen MR) is 78.1 cm³/mol. The lowest BCUT2D eigenvalue weighted by molar-refractivity contribution is -0.120. The third kappa shape index (κ3) is 4.46. The molecule has 2 rings (SSSR count). The van der Waals surface area contributed by atoms with Crippen LogP contribution in [0.3, 0.4) is 0 Å². The second kappa shape index (κ2) is 7.85. The van der Waals surface area contributed by atoms with Crippen molar-refractivity contribution >= 4 is 5.91 Å². The average Bonchev–Trinajstić information content (AvgIpc) is 2.47. The summed E-state index contributed by atoms with van der Waals surface area (Å²) in [6.45, 7) is 4.33. The van der Waals surface area contributed by atoms with E-state index in [1.54, 1.807) is 0 Å². The number of rotatable bonds is 5. The first-order valence-corrected chi connectivity index (χ1v) is 8.04. The molecule has 2 aliphatic rings. The van der Waals surface area contributed by atoms with Crippen molar-refractivity contribution in [1.29, 1.82) is 0 Å². The van der Waals surface area contributed by atoms with Gasteiger partial charge in [0, 0.05) is 18.6 Å². The molecule has 0 spiro atoms. The van der Waals surface area contributed by atoms with Crippen LogP contribution < -0.4 is 16.0 Å². The van der Waals surface area contributed by atoms with Crippen molar-refractivity contribution in [3.05, 3.63) is 0 Å². The van der Waals surface area contributed by atoms with Crippen molar-refractivity contribution in [2.24, 2.45) is 5.92 Å². The molecular formula is C15H29N3O. The third-order valence-electron chi connectivity index (χ3n) is 4.58. The van der Waals surface area contributed by atoms with Crippen molar-refractivity contribution in [3.63, 3.8) is 0 Å². The maximum Gasteiger partial charge on any atom is 0.233 e. The van der Waals surface area contributed by atoms with E-state index >= 15 is 0 Å². The van der Waals surface area contributed by atoms with Crippen LogP contribution in [0.25, 0.3) is 0 Å². The first kappa shape index (κ1) is 14.8. The summed E-state index contributed by atoms with van der Waals surface area (Å²) in [5.41, 5.74) is 0. The topological polar surface area (TPSA) is 53.2 Å². The highest BCUT2D eigenvalue weighted by molar-refractivity contribution is 5.77. The molecule has 2 fully saturated rings. The van der Waals surface area contributed by atoms with Crippen LogP contribution in [0.15, 0.2) is 0 Å². The number of carbonyl (C=O) groups is 1. The van der Waals surface area contributed by atoms with Gasteiger partial charge in [0.2, 0.25) is 5.91 Å². The van der Waals surface area contributed by atoms with Gasteiger partial charge in [-0.3, -0.25) is 4.79 Å². The lowest BCUT2D eigenvalue weighted by Crippen LogP contribution is -2.52. The Morgan fingerprint density at radius 2 is 1.95 bits per heavy atom. The lowest BCUT2D eigenvalue weighted by Gasteiger charge is -2.39. The lowest BCUT2D eigenvalue weighted by atomic mass is 9.77. The highest BCUT2D eigenvalue weighted by atomic mass is 16.1. The number of hydrogen-bond acceptors (Lipinski definition) is 3. The normalized spacial score (nSPS) is 31.9. The third-order valence-corrected chi connectivity index (χ3v) is 4.58. The number of piperidine rings is 1. The maximum absolute atomic E-state index is 11.6. The largest absolute Gasteiger partial charge is 0.355 e. The highest BCUT2D eigenvalue weighted by Gasteiger charge is 2.32. The van der Waals surface area contributed by atoms with Gasteiger partial charge in [-0.05, 0) is 45.1 Å². The summed E-state index contributed by atoms with van der Waals surface area (Å²) in [5.74, 6) is 0.840. The molecule has 4 heteroatoms. The zero-order valence-corrected chi connectivity index (χ0v) is 12.2. The van der Waals surface area contributed by atoms with Crippen LogP contribution in [0.5, 0.6) is 0 Å². The zero-order chi connectivity index (χ0) is 13.5. The molecule has 1 saturated carbocycles. The number of amides is 1. The number of likely N-dealkylation sites (N-methyl/N-ethyl adjacent to an activating group) is 1. The van der Waals surface area contributed by atoms with E-state index in [-0.39, 0.29) is 5.91 Å². The highest BCUT2D eigenvalue weighted by Crippen LogP contribution is 2.30. The molecule has 3 N–H and O–H groups in total. The molecule has 3 atom stereocenters. The van der Waals surface area contributed by atoms with Gasteiger partial charge in [0.25, 0.3) is 0 Å². The second-order valence-electron chi connectivity index (χ2n) is 5.95. The van der Waals surface area contributed by atoms with Gasteiger partial charge in [-0.15, -0.1) is 0 Å². The van der Waals surface area contributed by atoms with E-state index in [2.05, 4.69) is 16.0 Å². The first-order chi connectivity index (χ1) is 9.31. The second-order valence-corrected chi connectivity index (χ2v) is 5.95. The minimum atomic E-state index is 0.128. The van der Waals surface area contributed by atoms with Crippen LogP contribution in [-0.4, -0.2) is 37.6 Å². The van der Waals surface area contributed by atoms with Gasteiger partial charge in [-0.1, -0.05) is 19.3 Å². The monoisotopic (exact) mass is 267 g/mol. The summed E-state index contributed by atoms with van der Waals surface area (Å²) in [4.78, 5) is 11.6. The Bertz CT molecular complexity index is 277. The van der Waals surface area contributed by atoms with E-state index < -0.39 is 0 Å². The standard InChI is InChI=1S/C15H29N3O/c1-2-16-15(19)11-18-14-8-4-3-7-12(14)13-9-5-6-10-17-13/h12-14,17-18H,2-11H2,1H3,(H,16,19). The molecular weight excluding hydrogens is 238 g/mol. The van der Waals surface area contributed by atoms with Gasteiger partial charge < -0.3 is 16.0 Å². The summed E-state index contributed by atoms with van der Waals surface area (Å²) in [5, 5.41) is 10.1. The molecule has 0 aromatic rings. The predicted octanol–water partition coefficient (Wildman–Crippen LogP) is 1.41. The molecule has 1 aliphatic heterocycles. The van der Waals surface area contributed by atoms with E-state index in [9.17, 15) is 4.79 Å². The van der Waals surface area contributed by atoms with Crippen LogP contribution in [0, 0.1) is 5.92 Å². The maximum atomic E-state index is 11.6. The fourth-order valence-corrected chi connectivity index (χ4v) is 3.62. The van der Waals surface area contributed by atoms with Crippen LogP contribution in [0.1, 0.15) is 51.9 Å². The van der Waals surface area contributed by atoms with Crippen LogP contribution >= 0.6 is 0 Å². The van der Waals surface area contributed by atoms with Gasteiger partial charge in [0.15, 0.2) is 0 Å². The SMILES string of the molecule is CCNC(=O)CNC1CCCCC1C1CCCCN1. The van der Waals surface area contributed by atoms with Gasteiger partial charge >= 0.3 is 0 Å². The van der Waals surface area contributed by atoms with Gasteiger partial charge in [-0.2, -0.15) is 0 Å². The molecule has 0 radical (unpaired) electrons. The summed E-state index contributed by atoms with van der Waals surface area (Å²) in [7, 11) is 0. The molecule has 4 nitrogen and oxygen atoms in total. The molecule has 0 aromatic carbocycles. The minimum absolute atomic E-state index is 0.128. The fourth-order valence-electron chi connectivity index (χ4n) is 3.62. The molecule has 1 aliphatic carbocycles. The molecule has 0 bridgehead atoms. The van der Waals surface area contributed by atoms with Crippen molar-refractivity contribution in [3.8, 4) is 0 Å². The van der Waals surface area contributed by atoms with Gasteiger partial charge in [0.1, 0.15) is 0 Å². The van der Waals surface area contributed by atoms with Crippen molar-refractivity contribution < 1.29 is 4.79 Å². The Balaban J connectivity index is 1.82. The molecule has 1 heterocycles. The molecule has 1 amide bonds. The van der Waals surface area contributed by atoms with Gasteiger partial charge in [0.05, 0.1) is 6.54 Å². The fraction of sp³-hybridized carbons (Fsp3) is 0.933. The van der Waals surface area contributed by atoms with Crippen molar-refractivity contribution in [2.75, 3.05) is 19.6 Å². The molecule has 19 heavy (non-hydrogen) atoms. The van der Waals surface area contributed by atoms with Crippen molar-refractivity contribution in [1.82, 2.24) is 16.0 Å². The van der Waals surface area contributed by atoms with E-state index in [1.807, 2.05) is 6.92 Å². The Morgan fingerprint density at radius 1 is 1.16 bits per heavy atom. The van der Waals surface area contributed by atoms with Crippen molar-refractivity contribution in [2.45, 2.75) is 64.0 Å². The average molecular weight is 267 g/mol. The van der Waals surface area contributed by atoms with E-state index in [0.29, 0.717) is 24.5 Å². The molecule has 0 aromatic heterocycles. The smallest absolute Gasteiger partial charge is 0.233 e. The first-order valence-electron chi connectivity index (χ1n) is 8.04. The Kier molecular flexibility index (Phi) is 6.11. The summed E-state index contributed by atoms with van der Waals surface area (Å²) in [6, 6.07) is 1.19. The Labute approximate surface area is 117 Å². The van der Waals surface area contributed by atoms with Crippen LogP contribution in [0.4, 0.5) is 0 Å². The zero-order valence-electron chi connectivity index (χ0n) is 12.2. The van der Waals surface area contributed by atoms with E-state index in [1.165, 1.54) is 51.5 Å². The van der Waals surface area contributed by atoms with Gasteiger partial charge in [-0.25, -0.2) is 0 Å². The number of nitrogens with one attached hydrogen (secondary N) is 3. The van der Waals surface area contributed by atoms with E-state index in [0.717, 1.165) is 6.54 Å². The van der Waals surface area contributed by atoms with Crippen LogP contribution in [0.2, 0.25) is 0 Å². The molecule has 110 valence electrons. The van der Waals surface area contributed by atoms with E-state index in [4.69, 9.17) is 0 Å². The number of hydrogen-bond donors (Lipinski definition) is 3. The minimum Gasteiger partial charge on any atom is -0.355 e. The summed E-state index contributed by atoms with van der Waals surface area (Å²) in [6.07, 6.45) is 9.17. The van der Waals surface area contributed by atoms with Crippen LogP contribution in [-0.2, 0) is 4.79 Å². The number of carbonyl (C=O) groups excluding carboxylic acids is 1. The molecule has 3 unspecified atom stereocenters. The quantitative estimate of drug-likeness (QED) is 0.706.